The van der Waals surface area contributed by atoms with E-state index in [1.165, 1.54) is 0 Å². The predicted octanol–water partition coefficient (Wildman–Crippen LogP) is 3.25. The van der Waals surface area contributed by atoms with Crippen molar-refractivity contribution >= 4 is 5.91 Å². The minimum Gasteiger partial charge on any atom is -0.492 e. The Morgan fingerprint density at radius 3 is 2.61 bits per heavy atom. The molecule has 1 aliphatic heterocycles. The van der Waals surface area contributed by atoms with Gasteiger partial charge in [-0.05, 0) is 58.3 Å². The van der Waals surface area contributed by atoms with E-state index in [4.69, 9.17) is 4.74 Å². The molecule has 23 heavy (non-hydrogen) atoms. The Kier molecular flexibility index (Phi) is 6.46. The van der Waals surface area contributed by atoms with Crippen molar-refractivity contribution in [2.24, 2.45) is 0 Å². The van der Waals surface area contributed by atoms with Crippen LogP contribution in [-0.2, 0) is 6.42 Å². The number of ether oxygens (including phenoxy) is 1. The van der Waals surface area contributed by atoms with E-state index in [9.17, 15) is 4.79 Å². The number of hydrogen-bond donors (Lipinski definition) is 1. The number of amides is 1. The number of carbonyl (C=O) groups excluding carboxylic acids is 1. The van der Waals surface area contributed by atoms with Crippen molar-refractivity contribution in [1.29, 1.82) is 0 Å². The minimum atomic E-state index is -0.00127. The molecule has 1 aromatic rings. The Labute approximate surface area is 140 Å². The third kappa shape index (κ3) is 4.47. The highest BCUT2D eigenvalue weighted by Gasteiger charge is 2.28. The number of nitrogens with zero attached hydrogens (tertiary/aromatic N) is 1. The minimum absolute atomic E-state index is 0.00127. The third-order valence-electron chi connectivity index (χ3n) is 4.21. The second-order valence-electron chi connectivity index (χ2n) is 6.62. The molecule has 0 spiro atoms. The normalized spacial score (nSPS) is 17.0. The monoisotopic (exact) mass is 318 g/mol. The number of carbonyl (C=O) groups is 1. The van der Waals surface area contributed by atoms with Crippen molar-refractivity contribution in [1.82, 2.24) is 10.2 Å². The summed E-state index contributed by atoms with van der Waals surface area (Å²) < 4.78 is 5.98. The molecule has 0 radical (unpaired) electrons. The predicted molar refractivity (Wildman–Crippen MR) is 94.2 cm³/mol. The Morgan fingerprint density at radius 1 is 1.30 bits per heavy atom. The van der Waals surface area contributed by atoms with Crippen LogP contribution in [0.4, 0.5) is 0 Å². The SMILES string of the molecule is CCCN(CCC)[C@H]1COc2cccc(C(=O)NC(C)C)c2C1. The fraction of sp³-hybridized carbons (Fsp3) is 0.632. The zero-order valence-electron chi connectivity index (χ0n) is 14.9. The second kappa shape index (κ2) is 8.34. The van der Waals surface area contributed by atoms with Crippen LogP contribution in [0.25, 0.3) is 0 Å². The van der Waals surface area contributed by atoms with Crippen LogP contribution in [0.5, 0.6) is 5.75 Å². The van der Waals surface area contributed by atoms with E-state index in [0.29, 0.717) is 12.6 Å². The van der Waals surface area contributed by atoms with E-state index in [2.05, 4.69) is 24.1 Å². The maximum Gasteiger partial charge on any atom is 0.251 e. The summed E-state index contributed by atoms with van der Waals surface area (Å²) in [5.41, 5.74) is 1.81. The van der Waals surface area contributed by atoms with Gasteiger partial charge in [0.1, 0.15) is 12.4 Å². The molecular formula is C19H30N2O2. The number of benzene rings is 1. The van der Waals surface area contributed by atoms with Crippen molar-refractivity contribution in [2.75, 3.05) is 19.7 Å². The van der Waals surface area contributed by atoms with Gasteiger partial charge in [-0.2, -0.15) is 0 Å². The zero-order valence-corrected chi connectivity index (χ0v) is 14.9. The van der Waals surface area contributed by atoms with Crippen LogP contribution in [0.1, 0.15) is 56.5 Å². The summed E-state index contributed by atoms with van der Waals surface area (Å²) in [6, 6.07) is 6.28. The summed E-state index contributed by atoms with van der Waals surface area (Å²) in [5.74, 6) is 0.865. The summed E-state index contributed by atoms with van der Waals surface area (Å²) in [4.78, 5) is 15.0. The molecule has 1 amide bonds. The van der Waals surface area contributed by atoms with Crippen LogP contribution in [0.15, 0.2) is 18.2 Å². The molecule has 4 heteroatoms. The average Bonchev–Trinajstić information content (AvgIpc) is 2.53. The van der Waals surface area contributed by atoms with Gasteiger partial charge in [0.15, 0.2) is 0 Å². The lowest BCUT2D eigenvalue weighted by atomic mass is 9.95. The average molecular weight is 318 g/mol. The highest BCUT2D eigenvalue weighted by Crippen LogP contribution is 2.30. The highest BCUT2D eigenvalue weighted by molar-refractivity contribution is 5.96. The van der Waals surface area contributed by atoms with Gasteiger partial charge in [0.25, 0.3) is 5.91 Å². The van der Waals surface area contributed by atoms with Gasteiger partial charge >= 0.3 is 0 Å². The van der Waals surface area contributed by atoms with E-state index < -0.39 is 0 Å². The van der Waals surface area contributed by atoms with Gasteiger partial charge < -0.3 is 10.1 Å². The van der Waals surface area contributed by atoms with Crippen molar-refractivity contribution in [3.8, 4) is 5.75 Å². The summed E-state index contributed by atoms with van der Waals surface area (Å²) in [6.45, 7) is 11.3. The maximum atomic E-state index is 12.5. The molecule has 0 fully saturated rings. The third-order valence-corrected chi connectivity index (χ3v) is 4.21. The smallest absolute Gasteiger partial charge is 0.251 e. The fourth-order valence-electron chi connectivity index (χ4n) is 3.23. The van der Waals surface area contributed by atoms with E-state index in [0.717, 1.165) is 49.2 Å². The Balaban J connectivity index is 2.22. The van der Waals surface area contributed by atoms with Crippen LogP contribution in [-0.4, -0.2) is 42.6 Å². The lowest BCUT2D eigenvalue weighted by Crippen LogP contribution is -2.44. The van der Waals surface area contributed by atoms with Crippen molar-refractivity contribution in [3.63, 3.8) is 0 Å². The van der Waals surface area contributed by atoms with Gasteiger partial charge in [0.05, 0.1) is 0 Å². The lowest BCUT2D eigenvalue weighted by Gasteiger charge is -2.35. The number of fused-ring (bicyclic) bond motifs is 1. The fourth-order valence-corrected chi connectivity index (χ4v) is 3.23. The standard InChI is InChI=1S/C19H30N2O2/c1-5-10-21(11-6-2)15-12-17-16(19(22)20-14(3)4)8-7-9-18(17)23-13-15/h7-9,14-15H,5-6,10-13H2,1-4H3,(H,20,22)/t15-/m1/s1. The molecule has 1 heterocycles. The maximum absolute atomic E-state index is 12.5. The summed E-state index contributed by atoms with van der Waals surface area (Å²) in [5, 5.41) is 3.00. The summed E-state index contributed by atoms with van der Waals surface area (Å²) >= 11 is 0. The topological polar surface area (TPSA) is 41.6 Å². The van der Waals surface area contributed by atoms with E-state index >= 15 is 0 Å². The van der Waals surface area contributed by atoms with Crippen molar-refractivity contribution in [3.05, 3.63) is 29.3 Å². The van der Waals surface area contributed by atoms with E-state index in [1.807, 2.05) is 32.0 Å². The van der Waals surface area contributed by atoms with Crippen LogP contribution in [0.2, 0.25) is 0 Å². The first kappa shape index (κ1) is 17.8. The summed E-state index contributed by atoms with van der Waals surface area (Å²) in [7, 11) is 0. The Hall–Kier alpha value is -1.55. The van der Waals surface area contributed by atoms with Crippen molar-refractivity contribution in [2.45, 2.75) is 59.0 Å². The first-order chi connectivity index (χ1) is 11.1. The molecular weight excluding hydrogens is 288 g/mol. The molecule has 0 saturated heterocycles. The van der Waals surface area contributed by atoms with Crippen LogP contribution in [0, 0.1) is 0 Å². The van der Waals surface area contributed by atoms with Crippen molar-refractivity contribution < 1.29 is 9.53 Å². The molecule has 0 bridgehead atoms. The molecule has 4 nitrogen and oxygen atoms in total. The van der Waals surface area contributed by atoms with Gasteiger partial charge in [-0.1, -0.05) is 19.9 Å². The first-order valence-corrected chi connectivity index (χ1v) is 8.86. The summed E-state index contributed by atoms with van der Waals surface area (Å²) in [6.07, 6.45) is 3.16. The molecule has 1 aromatic carbocycles. The zero-order chi connectivity index (χ0) is 16.8. The quantitative estimate of drug-likeness (QED) is 0.839. The van der Waals surface area contributed by atoms with E-state index in [1.54, 1.807) is 0 Å². The second-order valence-corrected chi connectivity index (χ2v) is 6.62. The largest absolute Gasteiger partial charge is 0.492 e. The molecule has 128 valence electrons. The number of hydrogen-bond acceptors (Lipinski definition) is 3. The van der Waals surface area contributed by atoms with Gasteiger partial charge in [-0.15, -0.1) is 0 Å². The van der Waals surface area contributed by atoms with Gasteiger partial charge in [-0.25, -0.2) is 0 Å². The molecule has 0 aliphatic carbocycles. The molecule has 0 aromatic heterocycles. The van der Waals surface area contributed by atoms with E-state index in [-0.39, 0.29) is 11.9 Å². The first-order valence-electron chi connectivity index (χ1n) is 8.86. The van der Waals surface area contributed by atoms with Crippen LogP contribution >= 0.6 is 0 Å². The number of nitrogens with one attached hydrogen (secondary N) is 1. The van der Waals surface area contributed by atoms with Gasteiger partial charge in [0.2, 0.25) is 0 Å². The lowest BCUT2D eigenvalue weighted by molar-refractivity contribution is 0.0932. The molecule has 2 rings (SSSR count). The van der Waals surface area contributed by atoms with Gasteiger partial charge in [-0.3, -0.25) is 9.69 Å². The molecule has 1 aliphatic rings. The Bertz CT molecular complexity index is 522. The highest BCUT2D eigenvalue weighted by atomic mass is 16.5. The van der Waals surface area contributed by atoms with Gasteiger partial charge in [0, 0.05) is 23.2 Å². The molecule has 1 N–H and O–H groups in total. The molecule has 0 saturated carbocycles. The molecule has 0 unspecified atom stereocenters. The van der Waals surface area contributed by atoms with Crippen LogP contribution in [0.3, 0.4) is 0 Å². The molecule has 1 atom stereocenters. The van der Waals surface area contributed by atoms with Crippen LogP contribution < -0.4 is 10.1 Å². The number of rotatable bonds is 7. The Morgan fingerprint density at radius 2 is 2.00 bits per heavy atom.